The van der Waals surface area contributed by atoms with Crippen molar-refractivity contribution in [2.24, 2.45) is 7.05 Å². The van der Waals surface area contributed by atoms with Gasteiger partial charge in [-0.25, -0.2) is 0 Å². The summed E-state index contributed by atoms with van der Waals surface area (Å²) in [4.78, 5) is 34.2. The topological polar surface area (TPSA) is 101 Å². The van der Waals surface area contributed by atoms with Crippen LogP contribution in [-0.4, -0.2) is 80.8 Å². The van der Waals surface area contributed by atoms with Crippen molar-refractivity contribution >= 4 is 17.4 Å². The summed E-state index contributed by atoms with van der Waals surface area (Å²) in [5.41, 5.74) is 2.40. The summed E-state index contributed by atoms with van der Waals surface area (Å²) in [5, 5.41) is 15.6. The van der Waals surface area contributed by atoms with Crippen LogP contribution in [0.25, 0.3) is 5.76 Å². The number of ketones is 1. The van der Waals surface area contributed by atoms with Gasteiger partial charge < -0.3 is 14.7 Å². The lowest BCUT2D eigenvalue weighted by Crippen LogP contribution is -2.42. The number of aryl methyl sites for hydroxylation is 2. The third-order valence-electron chi connectivity index (χ3n) is 6.01. The van der Waals surface area contributed by atoms with Crippen molar-refractivity contribution in [3.63, 3.8) is 0 Å². The molecule has 2 aliphatic heterocycles. The van der Waals surface area contributed by atoms with Gasteiger partial charge in [-0.3, -0.25) is 24.2 Å². The molecule has 0 aliphatic carbocycles. The van der Waals surface area contributed by atoms with Crippen molar-refractivity contribution in [2.45, 2.75) is 19.9 Å². The predicted octanol–water partition coefficient (Wildman–Crippen LogP) is 1.19. The summed E-state index contributed by atoms with van der Waals surface area (Å²) >= 11 is 0. The summed E-state index contributed by atoms with van der Waals surface area (Å²) in [6.07, 6.45) is 1.62. The van der Waals surface area contributed by atoms with Gasteiger partial charge in [0.15, 0.2) is 0 Å². The van der Waals surface area contributed by atoms with Gasteiger partial charge in [-0.05, 0) is 26.0 Å². The molecule has 0 radical (unpaired) electrons. The molecule has 164 valence electrons. The Labute approximate surface area is 180 Å². The van der Waals surface area contributed by atoms with Crippen LogP contribution >= 0.6 is 0 Å². The highest BCUT2D eigenvalue weighted by Gasteiger charge is 2.47. The Hall–Kier alpha value is -3.04. The van der Waals surface area contributed by atoms with E-state index >= 15 is 0 Å². The second kappa shape index (κ2) is 8.60. The van der Waals surface area contributed by atoms with Crippen LogP contribution in [0, 0.1) is 13.8 Å². The van der Waals surface area contributed by atoms with E-state index in [-0.39, 0.29) is 11.3 Å². The molecule has 0 saturated carbocycles. The van der Waals surface area contributed by atoms with Crippen LogP contribution in [0.1, 0.15) is 28.7 Å². The Morgan fingerprint density at radius 2 is 1.94 bits per heavy atom. The highest BCUT2D eigenvalue weighted by Crippen LogP contribution is 2.39. The number of aliphatic hydroxyl groups is 1. The van der Waals surface area contributed by atoms with Crippen LogP contribution in [0.15, 0.2) is 30.0 Å². The molecule has 9 heteroatoms. The molecule has 1 N–H and O–H groups in total. The standard InChI is InChI=1S/C22H27N5O4/c1-14-17(15(2)25(3)24-14)20(28)18-19(16-6-4-5-7-23-16)27(22(30)21(18)29)9-8-26-10-12-31-13-11-26/h4-7,19,28H,8-13H2,1-3H3/b20-18+. The molecule has 2 aromatic rings. The van der Waals surface area contributed by atoms with Crippen molar-refractivity contribution in [1.82, 2.24) is 24.6 Å². The van der Waals surface area contributed by atoms with E-state index in [1.807, 2.05) is 13.0 Å². The number of hydrogen-bond donors (Lipinski definition) is 1. The highest BCUT2D eigenvalue weighted by atomic mass is 16.5. The molecule has 2 aliphatic rings. The molecule has 1 unspecified atom stereocenters. The summed E-state index contributed by atoms with van der Waals surface area (Å²) in [6.45, 7) is 7.44. The molecule has 0 bridgehead atoms. The fraction of sp³-hybridized carbons (Fsp3) is 0.455. The van der Waals surface area contributed by atoms with Crippen molar-refractivity contribution in [2.75, 3.05) is 39.4 Å². The number of amides is 1. The number of morpholine rings is 1. The number of aliphatic hydroxyl groups excluding tert-OH is 1. The molecular formula is C22H27N5O4. The number of pyridine rings is 1. The molecule has 0 spiro atoms. The SMILES string of the molecule is Cc1nn(C)c(C)c1/C(O)=C1\C(=O)C(=O)N(CCN2CCOCC2)C1c1ccccn1. The molecular weight excluding hydrogens is 398 g/mol. The van der Waals surface area contributed by atoms with E-state index in [1.54, 1.807) is 37.0 Å². The molecule has 4 rings (SSSR count). The van der Waals surface area contributed by atoms with E-state index in [1.165, 1.54) is 4.90 Å². The fourth-order valence-corrected chi connectivity index (χ4v) is 4.28. The second-order valence-corrected chi connectivity index (χ2v) is 7.87. The third kappa shape index (κ3) is 3.86. The number of likely N-dealkylation sites (tertiary alicyclic amines) is 1. The zero-order chi connectivity index (χ0) is 22.1. The first-order chi connectivity index (χ1) is 14.9. The zero-order valence-electron chi connectivity index (χ0n) is 18.0. The van der Waals surface area contributed by atoms with Crippen LogP contribution in [0.4, 0.5) is 0 Å². The second-order valence-electron chi connectivity index (χ2n) is 7.87. The molecule has 2 saturated heterocycles. The van der Waals surface area contributed by atoms with Crippen LogP contribution in [0.5, 0.6) is 0 Å². The first-order valence-corrected chi connectivity index (χ1v) is 10.4. The number of hydrogen-bond acceptors (Lipinski definition) is 7. The Kier molecular flexibility index (Phi) is 5.88. The fourth-order valence-electron chi connectivity index (χ4n) is 4.28. The Morgan fingerprint density at radius 1 is 1.19 bits per heavy atom. The largest absolute Gasteiger partial charge is 0.507 e. The van der Waals surface area contributed by atoms with Gasteiger partial charge in [0.1, 0.15) is 11.8 Å². The Bertz CT molecular complexity index is 1020. The number of ether oxygens (including phenoxy) is 1. The monoisotopic (exact) mass is 425 g/mol. The molecule has 31 heavy (non-hydrogen) atoms. The summed E-state index contributed by atoms with van der Waals surface area (Å²) < 4.78 is 7.03. The maximum absolute atomic E-state index is 13.1. The minimum atomic E-state index is -0.749. The van der Waals surface area contributed by atoms with E-state index in [0.29, 0.717) is 48.9 Å². The number of rotatable bonds is 5. The van der Waals surface area contributed by atoms with Crippen LogP contribution < -0.4 is 0 Å². The molecule has 4 heterocycles. The minimum absolute atomic E-state index is 0.0601. The number of nitrogens with zero attached hydrogens (tertiary/aromatic N) is 5. The lowest BCUT2D eigenvalue weighted by molar-refractivity contribution is -0.140. The van der Waals surface area contributed by atoms with E-state index in [4.69, 9.17) is 4.74 Å². The molecule has 9 nitrogen and oxygen atoms in total. The normalized spacial score (nSPS) is 21.8. The summed E-state index contributed by atoms with van der Waals surface area (Å²) in [6, 6.07) is 4.61. The number of carbonyl (C=O) groups excluding carboxylic acids is 2. The maximum atomic E-state index is 13.1. The van der Waals surface area contributed by atoms with Crippen LogP contribution in [0.2, 0.25) is 0 Å². The average Bonchev–Trinajstić information content (AvgIpc) is 3.18. The lowest BCUT2D eigenvalue weighted by Gasteiger charge is -2.30. The van der Waals surface area contributed by atoms with E-state index in [9.17, 15) is 14.7 Å². The van der Waals surface area contributed by atoms with E-state index in [0.717, 1.165) is 13.1 Å². The quantitative estimate of drug-likeness (QED) is 0.436. The molecule has 1 atom stereocenters. The average molecular weight is 425 g/mol. The van der Waals surface area contributed by atoms with E-state index in [2.05, 4.69) is 15.0 Å². The van der Waals surface area contributed by atoms with Gasteiger partial charge in [-0.15, -0.1) is 0 Å². The van der Waals surface area contributed by atoms with Gasteiger partial charge in [0, 0.05) is 45.1 Å². The predicted molar refractivity (Wildman–Crippen MR) is 113 cm³/mol. The summed E-state index contributed by atoms with van der Waals surface area (Å²) in [7, 11) is 1.77. The minimum Gasteiger partial charge on any atom is -0.507 e. The smallest absolute Gasteiger partial charge is 0.295 e. The van der Waals surface area contributed by atoms with Gasteiger partial charge >= 0.3 is 0 Å². The zero-order valence-corrected chi connectivity index (χ0v) is 18.0. The van der Waals surface area contributed by atoms with Crippen molar-refractivity contribution in [3.05, 3.63) is 52.6 Å². The highest BCUT2D eigenvalue weighted by molar-refractivity contribution is 6.46. The summed E-state index contributed by atoms with van der Waals surface area (Å²) in [5.74, 6) is -1.52. The molecule has 0 aromatic carbocycles. The van der Waals surface area contributed by atoms with Gasteiger partial charge in [-0.2, -0.15) is 5.10 Å². The van der Waals surface area contributed by atoms with Crippen LogP contribution in [0.3, 0.4) is 0 Å². The van der Waals surface area contributed by atoms with Crippen molar-refractivity contribution < 1.29 is 19.4 Å². The maximum Gasteiger partial charge on any atom is 0.295 e. The van der Waals surface area contributed by atoms with Crippen molar-refractivity contribution in [3.8, 4) is 0 Å². The third-order valence-corrected chi connectivity index (χ3v) is 6.01. The molecule has 2 fully saturated rings. The van der Waals surface area contributed by atoms with Gasteiger partial charge in [0.05, 0.1) is 35.7 Å². The van der Waals surface area contributed by atoms with Gasteiger partial charge in [-0.1, -0.05) is 6.07 Å². The lowest BCUT2D eigenvalue weighted by atomic mass is 9.97. The Balaban J connectivity index is 1.76. The van der Waals surface area contributed by atoms with Gasteiger partial charge in [0.25, 0.3) is 11.7 Å². The van der Waals surface area contributed by atoms with E-state index < -0.39 is 17.7 Å². The molecule has 2 aromatic heterocycles. The van der Waals surface area contributed by atoms with Crippen LogP contribution in [-0.2, 0) is 21.4 Å². The molecule has 1 amide bonds. The number of Topliss-reactive ketones (excluding diaryl/α,β-unsaturated/α-hetero) is 1. The van der Waals surface area contributed by atoms with Gasteiger partial charge in [0.2, 0.25) is 0 Å². The first kappa shape index (κ1) is 21.2. The van der Waals surface area contributed by atoms with Crippen molar-refractivity contribution in [1.29, 1.82) is 0 Å². The number of aromatic nitrogens is 3. The number of carbonyl (C=O) groups is 2. The first-order valence-electron chi connectivity index (χ1n) is 10.4. The Morgan fingerprint density at radius 3 is 2.55 bits per heavy atom.